The van der Waals surface area contributed by atoms with Crippen molar-refractivity contribution in [2.45, 2.75) is 19.5 Å². The molecule has 0 saturated heterocycles. The van der Waals surface area contributed by atoms with Gasteiger partial charge in [0.2, 0.25) is 0 Å². The van der Waals surface area contributed by atoms with E-state index in [0.717, 1.165) is 25.4 Å². The van der Waals surface area contributed by atoms with Gasteiger partial charge in [-0.15, -0.1) is 0 Å². The van der Waals surface area contributed by atoms with Gasteiger partial charge in [-0.05, 0) is 13.0 Å². The summed E-state index contributed by atoms with van der Waals surface area (Å²) in [6, 6.07) is 6.98. The Morgan fingerprint density at radius 3 is 2.94 bits per heavy atom. The maximum Gasteiger partial charge on any atom is 0.166 e. The van der Waals surface area contributed by atoms with Crippen LogP contribution in [0.1, 0.15) is 24.1 Å². The number of nitrogens with two attached hydrogens (primary N) is 1. The minimum absolute atomic E-state index is 0.548. The second-order valence-corrected chi connectivity index (χ2v) is 4.62. The normalized spacial score (nSPS) is 19.6. The Morgan fingerprint density at radius 1 is 1.44 bits per heavy atom. The highest BCUT2D eigenvalue weighted by molar-refractivity contribution is 5.42. The van der Waals surface area contributed by atoms with Crippen LogP contribution < -0.4 is 15.0 Å². The number of quaternary nitrogens is 2. The SMILES string of the molecule is CCOc1cccc2c1[C@@H]([NH+](C)C)C[NH2+]C2. The van der Waals surface area contributed by atoms with E-state index >= 15 is 0 Å². The smallest absolute Gasteiger partial charge is 0.166 e. The van der Waals surface area contributed by atoms with Crippen LogP contribution in [0.5, 0.6) is 5.75 Å². The molecule has 0 unspecified atom stereocenters. The monoisotopic (exact) mass is 222 g/mol. The van der Waals surface area contributed by atoms with Crippen molar-refractivity contribution in [1.82, 2.24) is 0 Å². The minimum Gasteiger partial charge on any atom is -0.493 e. The quantitative estimate of drug-likeness (QED) is 0.699. The van der Waals surface area contributed by atoms with Gasteiger partial charge < -0.3 is 15.0 Å². The third-order valence-corrected chi connectivity index (χ3v) is 3.27. The molecule has 1 aromatic carbocycles. The highest BCUT2D eigenvalue weighted by atomic mass is 16.5. The van der Waals surface area contributed by atoms with E-state index in [1.165, 1.54) is 16.0 Å². The van der Waals surface area contributed by atoms with Gasteiger partial charge in [-0.3, -0.25) is 0 Å². The molecule has 0 aromatic heterocycles. The van der Waals surface area contributed by atoms with Crippen molar-refractivity contribution in [2.75, 3.05) is 27.2 Å². The second-order valence-electron chi connectivity index (χ2n) is 4.62. The first-order valence-electron chi connectivity index (χ1n) is 6.10. The summed E-state index contributed by atoms with van der Waals surface area (Å²) in [5, 5.41) is 2.38. The molecule has 0 fully saturated rings. The van der Waals surface area contributed by atoms with Gasteiger partial charge in [0.05, 0.1) is 26.3 Å². The summed E-state index contributed by atoms with van der Waals surface area (Å²) in [5.41, 5.74) is 2.86. The molecule has 0 radical (unpaired) electrons. The molecule has 1 aromatic rings. The summed E-state index contributed by atoms with van der Waals surface area (Å²) in [6.07, 6.45) is 0. The standard InChI is InChI=1S/C13H20N2O/c1-4-16-12-7-5-6-10-8-14-9-11(13(10)12)15(2)3/h5-7,11,14H,4,8-9H2,1-3H3/p+2/t11-/m0/s1. The molecule has 2 rings (SSSR count). The van der Waals surface area contributed by atoms with E-state index in [1.807, 2.05) is 6.92 Å². The van der Waals surface area contributed by atoms with Crippen LogP contribution in [0.3, 0.4) is 0 Å². The van der Waals surface area contributed by atoms with E-state index in [2.05, 4.69) is 37.6 Å². The number of fused-ring (bicyclic) bond motifs is 1. The topological polar surface area (TPSA) is 30.3 Å². The summed E-state index contributed by atoms with van der Waals surface area (Å²) in [7, 11) is 4.44. The summed E-state index contributed by atoms with van der Waals surface area (Å²) in [5.74, 6) is 1.08. The highest BCUT2D eigenvalue weighted by Gasteiger charge is 2.30. The molecule has 1 aliphatic heterocycles. The van der Waals surface area contributed by atoms with Crippen molar-refractivity contribution < 1.29 is 15.0 Å². The van der Waals surface area contributed by atoms with Crippen LogP contribution in [0.25, 0.3) is 0 Å². The Bertz CT molecular complexity index is 363. The first kappa shape index (κ1) is 11.4. The molecule has 88 valence electrons. The molecule has 3 N–H and O–H groups in total. The molecule has 3 heteroatoms. The third kappa shape index (κ3) is 2.06. The molecule has 1 atom stereocenters. The minimum atomic E-state index is 0.548. The Kier molecular flexibility index (Phi) is 3.46. The Hall–Kier alpha value is -1.06. The van der Waals surface area contributed by atoms with E-state index in [1.54, 1.807) is 0 Å². The summed E-state index contributed by atoms with van der Waals surface area (Å²) in [6.45, 7) is 5.03. The zero-order chi connectivity index (χ0) is 11.5. The number of likely N-dealkylation sites (N-methyl/N-ethyl adjacent to an activating group) is 1. The lowest BCUT2D eigenvalue weighted by Gasteiger charge is -2.28. The maximum atomic E-state index is 5.76. The molecule has 0 spiro atoms. The zero-order valence-electron chi connectivity index (χ0n) is 10.4. The Labute approximate surface area is 97.4 Å². The Morgan fingerprint density at radius 2 is 2.25 bits per heavy atom. The molecule has 1 aliphatic rings. The van der Waals surface area contributed by atoms with Crippen molar-refractivity contribution in [1.29, 1.82) is 0 Å². The fraction of sp³-hybridized carbons (Fsp3) is 0.538. The van der Waals surface area contributed by atoms with Crippen LogP contribution >= 0.6 is 0 Å². The number of hydrogen-bond acceptors (Lipinski definition) is 1. The van der Waals surface area contributed by atoms with Crippen LogP contribution in [0.15, 0.2) is 18.2 Å². The molecule has 0 saturated carbocycles. The predicted molar refractivity (Wildman–Crippen MR) is 63.7 cm³/mol. The van der Waals surface area contributed by atoms with Gasteiger partial charge in [0.1, 0.15) is 18.8 Å². The van der Waals surface area contributed by atoms with Gasteiger partial charge >= 0.3 is 0 Å². The third-order valence-electron chi connectivity index (χ3n) is 3.27. The van der Waals surface area contributed by atoms with Crippen molar-refractivity contribution in [2.24, 2.45) is 0 Å². The number of hydrogen-bond donors (Lipinski definition) is 2. The lowest BCUT2D eigenvalue weighted by Crippen LogP contribution is -3.10. The predicted octanol–water partition coefficient (Wildman–Crippen LogP) is -0.652. The van der Waals surface area contributed by atoms with Gasteiger partial charge in [0.15, 0.2) is 6.04 Å². The highest BCUT2D eigenvalue weighted by Crippen LogP contribution is 2.28. The van der Waals surface area contributed by atoms with E-state index in [-0.39, 0.29) is 0 Å². The first-order valence-corrected chi connectivity index (χ1v) is 6.10. The van der Waals surface area contributed by atoms with E-state index in [0.29, 0.717) is 6.04 Å². The van der Waals surface area contributed by atoms with Crippen LogP contribution in [0.2, 0.25) is 0 Å². The summed E-state index contributed by atoms with van der Waals surface area (Å²) in [4.78, 5) is 1.48. The van der Waals surface area contributed by atoms with E-state index in [4.69, 9.17) is 4.74 Å². The van der Waals surface area contributed by atoms with Gasteiger partial charge in [0.25, 0.3) is 0 Å². The fourth-order valence-corrected chi connectivity index (χ4v) is 2.49. The number of benzene rings is 1. The fourth-order valence-electron chi connectivity index (χ4n) is 2.49. The van der Waals surface area contributed by atoms with Crippen LogP contribution in [0.4, 0.5) is 0 Å². The second kappa shape index (κ2) is 4.85. The van der Waals surface area contributed by atoms with Crippen LogP contribution in [-0.2, 0) is 6.54 Å². The summed E-state index contributed by atoms with van der Waals surface area (Å²) < 4.78 is 5.76. The number of rotatable bonds is 3. The van der Waals surface area contributed by atoms with Crippen LogP contribution in [0, 0.1) is 0 Å². The average molecular weight is 222 g/mol. The molecule has 16 heavy (non-hydrogen) atoms. The van der Waals surface area contributed by atoms with Crippen molar-refractivity contribution in [3.63, 3.8) is 0 Å². The van der Waals surface area contributed by atoms with Gasteiger partial charge in [-0.2, -0.15) is 0 Å². The molecule has 0 aliphatic carbocycles. The molecular formula is C13H22N2O+2. The lowest BCUT2D eigenvalue weighted by atomic mass is 9.95. The van der Waals surface area contributed by atoms with E-state index in [9.17, 15) is 0 Å². The molecule has 3 nitrogen and oxygen atoms in total. The Balaban J connectivity index is 2.42. The molecule has 0 bridgehead atoms. The number of ether oxygens (including phenoxy) is 1. The largest absolute Gasteiger partial charge is 0.493 e. The van der Waals surface area contributed by atoms with Crippen molar-refractivity contribution >= 4 is 0 Å². The molecular weight excluding hydrogens is 200 g/mol. The zero-order valence-corrected chi connectivity index (χ0v) is 10.4. The molecule has 0 amide bonds. The van der Waals surface area contributed by atoms with Crippen molar-refractivity contribution in [3.05, 3.63) is 29.3 Å². The lowest BCUT2D eigenvalue weighted by molar-refractivity contribution is -0.912. The van der Waals surface area contributed by atoms with Gasteiger partial charge in [-0.1, -0.05) is 12.1 Å². The van der Waals surface area contributed by atoms with Gasteiger partial charge in [0, 0.05) is 5.56 Å². The maximum absolute atomic E-state index is 5.76. The molecule has 1 heterocycles. The number of nitrogens with one attached hydrogen (secondary N) is 1. The van der Waals surface area contributed by atoms with E-state index < -0.39 is 0 Å². The van der Waals surface area contributed by atoms with Crippen molar-refractivity contribution in [3.8, 4) is 5.75 Å². The van der Waals surface area contributed by atoms with Crippen LogP contribution in [-0.4, -0.2) is 27.2 Å². The average Bonchev–Trinajstić information content (AvgIpc) is 2.29. The first-order chi connectivity index (χ1) is 7.74. The summed E-state index contributed by atoms with van der Waals surface area (Å²) >= 11 is 0. The van der Waals surface area contributed by atoms with Gasteiger partial charge in [-0.25, -0.2) is 0 Å².